The molecular weight excluding hydrogens is 205 g/mol. The number of hydrogen-bond donors (Lipinski definition) is 1. The van der Waals surface area contributed by atoms with Gasteiger partial charge in [0.1, 0.15) is 11.9 Å². The lowest BCUT2D eigenvalue weighted by molar-refractivity contribution is 0.282. The molecule has 3 heteroatoms. The molecule has 0 aliphatic carbocycles. The Labute approximate surface area is 96.8 Å². The summed E-state index contributed by atoms with van der Waals surface area (Å²) in [6.07, 6.45) is -1.05. The molecule has 0 heterocycles. The van der Waals surface area contributed by atoms with Crippen LogP contribution in [0.5, 0.6) is 5.75 Å². The fourth-order valence-corrected chi connectivity index (χ4v) is 1.43. The Morgan fingerprint density at radius 2 is 1.94 bits per heavy atom. The lowest BCUT2D eigenvalue weighted by Crippen LogP contribution is -2.37. The van der Waals surface area contributed by atoms with Gasteiger partial charge in [0.05, 0.1) is 7.11 Å². The summed E-state index contributed by atoms with van der Waals surface area (Å²) in [6, 6.07) is 7.20. The van der Waals surface area contributed by atoms with E-state index in [1.807, 2.05) is 32.9 Å². The van der Waals surface area contributed by atoms with Crippen LogP contribution >= 0.6 is 0 Å². The maximum atomic E-state index is 14.0. The van der Waals surface area contributed by atoms with E-state index in [0.717, 1.165) is 0 Å². The summed E-state index contributed by atoms with van der Waals surface area (Å²) < 4.78 is 19.1. The zero-order valence-electron chi connectivity index (χ0n) is 10.4. The van der Waals surface area contributed by atoms with Gasteiger partial charge in [0, 0.05) is 17.6 Å². The number of methoxy groups -OCH3 is 1. The Kier molecular flexibility index (Phi) is 4.30. The van der Waals surface area contributed by atoms with Crippen LogP contribution in [0.15, 0.2) is 24.3 Å². The second-order valence-electron chi connectivity index (χ2n) is 4.84. The number of nitrogens with one attached hydrogen (secondary N) is 1. The molecule has 0 aliphatic rings. The Hall–Kier alpha value is -1.09. The van der Waals surface area contributed by atoms with E-state index in [4.69, 9.17) is 4.74 Å². The van der Waals surface area contributed by atoms with Crippen LogP contribution in [-0.2, 0) is 0 Å². The predicted octanol–water partition coefficient (Wildman–Crippen LogP) is 3.09. The van der Waals surface area contributed by atoms with Crippen molar-refractivity contribution in [2.75, 3.05) is 13.7 Å². The molecule has 1 unspecified atom stereocenters. The summed E-state index contributed by atoms with van der Waals surface area (Å²) >= 11 is 0. The minimum atomic E-state index is -1.05. The van der Waals surface area contributed by atoms with Crippen molar-refractivity contribution < 1.29 is 9.13 Å². The smallest absolute Gasteiger partial charge is 0.141 e. The van der Waals surface area contributed by atoms with E-state index in [-0.39, 0.29) is 5.54 Å². The Balaban J connectivity index is 2.69. The number of ether oxygens (including phenoxy) is 1. The van der Waals surface area contributed by atoms with Gasteiger partial charge >= 0.3 is 0 Å². The van der Waals surface area contributed by atoms with Crippen LogP contribution in [0, 0.1) is 0 Å². The third kappa shape index (κ3) is 3.81. The molecule has 0 spiro atoms. The Morgan fingerprint density at radius 3 is 2.50 bits per heavy atom. The van der Waals surface area contributed by atoms with Crippen molar-refractivity contribution in [3.05, 3.63) is 29.8 Å². The highest BCUT2D eigenvalue weighted by Gasteiger charge is 2.17. The summed E-state index contributed by atoms with van der Waals surface area (Å²) in [5.74, 6) is 0.603. The first-order valence-corrected chi connectivity index (χ1v) is 5.46. The van der Waals surface area contributed by atoms with Gasteiger partial charge in [-0.3, -0.25) is 0 Å². The molecule has 2 nitrogen and oxygen atoms in total. The third-order valence-corrected chi connectivity index (χ3v) is 2.29. The van der Waals surface area contributed by atoms with Crippen molar-refractivity contribution in [2.24, 2.45) is 0 Å². The molecule has 90 valence electrons. The molecular formula is C13H20FNO. The molecule has 1 aromatic carbocycles. The van der Waals surface area contributed by atoms with Crippen molar-refractivity contribution in [2.45, 2.75) is 32.5 Å². The zero-order valence-corrected chi connectivity index (χ0v) is 10.4. The van der Waals surface area contributed by atoms with Crippen LogP contribution in [0.1, 0.15) is 32.5 Å². The molecule has 1 aromatic rings. The summed E-state index contributed by atoms with van der Waals surface area (Å²) in [5.41, 5.74) is 0.522. The third-order valence-electron chi connectivity index (χ3n) is 2.29. The standard InChI is InChI=1S/C13H20FNO/c1-13(2,3)15-9-11(14)10-7-5-6-8-12(10)16-4/h5-8,11,15H,9H2,1-4H3. The van der Waals surface area contributed by atoms with Crippen molar-refractivity contribution >= 4 is 0 Å². The summed E-state index contributed by atoms with van der Waals surface area (Å²) in [4.78, 5) is 0. The maximum Gasteiger partial charge on any atom is 0.141 e. The molecule has 0 aromatic heterocycles. The molecule has 0 saturated carbocycles. The SMILES string of the molecule is COc1ccccc1C(F)CNC(C)(C)C. The van der Waals surface area contributed by atoms with E-state index in [1.54, 1.807) is 19.2 Å². The molecule has 1 rings (SSSR count). The van der Waals surface area contributed by atoms with Crippen LogP contribution in [0.25, 0.3) is 0 Å². The molecule has 1 atom stereocenters. The fraction of sp³-hybridized carbons (Fsp3) is 0.538. The highest BCUT2D eigenvalue weighted by atomic mass is 19.1. The Bertz CT molecular complexity index is 333. The van der Waals surface area contributed by atoms with Crippen molar-refractivity contribution in [1.82, 2.24) is 5.32 Å². The normalized spacial score (nSPS) is 13.6. The number of rotatable bonds is 4. The number of benzene rings is 1. The van der Waals surface area contributed by atoms with Crippen LogP contribution in [0.2, 0.25) is 0 Å². The van der Waals surface area contributed by atoms with Crippen molar-refractivity contribution in [3.8, 4) is 5.75 Å². The predicted molar refractivity (Wildman–Crippen MR) is 64.6 cm³/mol. The minimum absolute atomic E-state index is 0.0770. The summed E-state index contributed by atoms with van der Waals surface area (Å²) in [7, 11) is 1.56. The monoisotopic (exact) mass is 225 g/mol. The average molecular weight is 225 g/mol. The first-order chi connectivity index (χ1) is 7.44. The largest absolute Gasteiger partial charge is 0.496 e. The fourth-order valence-electron chi connectivity index (χ4n) is 1.43. The van der Waals surface area contributed by atoms with Gasteiger partial charge in [-0.25, -0.2) is 4.39 Å². The van der Waals surface area contributed by atoms with Gasteiger partial charge in [0.15, 0.2) is 0 Å². The highest BCUT2D eigenvalue weighted by molar-refractivity contribution is 5.35. The molecule has 0 fully saturated rings. The van der Waals surface area contributed by atoms with Gasteiger partial charge in [-0.2, -0.15) is 0 Å². The summed E-state index contributed by atoms with van der Waals surface area (Å²) in [6.45, 7) is 6.34. The van der Waals surface area contributed by atoms with E-state index in [9.17, 15) is 4.39 Å². The first kappa shape index (κ1) is 13.0. The van der Waals surface area contributed by atoms with Crippen LogP contribution in [0.3, 0.4) is 0 Å². The lowest BCUT2D eigenvalue weighted by atomic mass is 10.1. The molecule has 0 aliphatic heterocycles. The number of hydrogen-bond acceptors (Lipinski definition) is 2. The van der Waals surface area contributed by atoms with Gasteiger partial charge in [-0.1, -0.05) is 18.2 Å². The quantitative estimate of drug-likeness (QED) is 0.850. The van der Waals surface area contributed by atoms with Gasteiger partial charge in [0.2, 0.25) is 0 Å². The van der Waals surface area contributed by atoms with Crippen LogP contribution in [0.4, 0.5) is 4.39 Å². The second-order valence-corrected chi connectivity index (χ2v) is 4.84. The summed E-state index contributed by atoms with van der Waals surface area (Å²) in [5, 5.41) is 3.14. The Morgan fingerprint density at radius 1 is 1.31 bits per heavy atom. The number of alkyl halides is 1. The molecule has 0 amide bonds. The van der Waals surface area contributed by atoms with E-state index in [0.29, 0.717) is 17.9 Å². The van der Waals surface area contributed by atoms with Gasteiger partial charge in [-0.15, -0.1) is 0 Å². The van der Waals surface area contributed by atoms with Gasteiger partial charge in [0.25, 0.3) is 0 Å². The molecule has 0 radical (unpaired) electrons. The van der Waals surface area contributed by atoms with E-state index in [2.05, 4.69) is 5.32 Å². The highest BCUT2D eigenvalue weighted by Crippen LogP contribution is 2.27. The first-order valence-electron chi connectivity index (χ1n) is 5.46. The van der Waals surface area contributed by atoms with Gasteiger partial charge < -0.3 is 10.1 Å². The lowest BCUT2D eigenvalue weighted by Gasteiger charge is -2.22. The van der Waals surface area contributed by atoms with Crippen LogP contribution < -0.4 is 10.1 Å². The van der Waals surface area contributed by atoms with Gasteiger partial charge in [-0.05, 0) is 26.8 Å². The molecule has 1 N–H and O–H groups in total. The molecule has 0 saturated heterocycles. The maximum absolute atomic E-state index is 14.0. The van der Waals surface area contributed by atoms with E-state index < -0.39 is 6.17 Å². The van der Waals surface area contributed by atoms with E-state index in [1.165, 1.54) is 0 Å². The minimum Gasteiger partial charge on any atom is -0.496 e. The average Bonchev–Trinajstić information content (AvgIpc) is 2.25. The number of para-hydroxylation sites is 1. The van der Waals surface area contributed by atoms with Crippen molar-refractivity contribution in [3.63, 3.8) is 0 Å². The van der Waals surface area contributed by atoms with Crippen molar-refractivity contribution in [1.29, 1.82) is 0 Å². The molecule has 16 heavy (non-hydrogen) atoms. The zero-order chi connectivity index (χ0) is 12.2. The second kappa shape index (κ2) is 5.30. The van der Waals surface area contributed by atoms with Crippen LogP contribution in [-0.4, -0.2) is 19.2 Å². The van der Waals surface area contributed by atoms with E-state index >= 15 is 0 Å². The topological polar surface area (TPSA) is 21.3 Å². The molecule has 0 bridgehead atoms. The number of halogens is 1.